The van der Waals surface area contributed by atoms with E-state index in [9.17, 15) is 14.0 Å². The maximum absolute atomic E-state index is 13.0. The zero-order chi connectivity index (χ0) is 24.9. The summed E-state index contributed by atoms with van der Waals surface area (Å²) in [7, 11) is 1.50. The summed E-state index contributed by atoms with van der Waals surface area (Å²) in [6.45, 7) is 3.52. The monoisotopic (exact) mass is 497 g/mol. The average Bonchev–Trinajstić information content (AvgIpc) is 3.31. The molecule has 0 saturated heterocycles. The maximum atomic E-state index is 13.0. The summed E-state index contributed by atoms with van der Waals surface area (Å²) in [6.07, 6.45) is 1.87. The second-order valence-electron chi connectivity index (χ2n) is 7.58. The summed E-state index contributed by atoms with van der Waals surface area (Å²) < 4.78 is 29.6. The van der Waals surface area contributed by atoms with Crippen molar-refractivity contribution in [3.8, 4) is 11.5 Å². The Kier molecular flexibility index (Phi) is 7.40. The third kappa shape index (κ3) is 5.32. The van der Waals surface area contributed by atoms with Crippen molar-refractivity contribution in [2.24, 2.45) is 4.99 Å². The Hall–Kier alpha value is -3.79. The second kappa shape index (κ2) is 10.6. The van der Waals surface area contributed by atoms with E-state index in [0.717, 1.165) is 10.7 Å². The van der Waals surface area contributed by atoms with Gasteiger partial charge in [-0.25, -0.2) is 14.2 Å². The molecule has 0 aromatic heterocycles. The second-order valence-corrected chi connectivity index (χ2v) is 8.45. The van der Waals surface area contributed by atoms with E-state index in [2.05, 4.69) is 10.3 Å². The molecule has 4 rings (SSSR count). The lowest BCUT2D eigenvalue weighted by atomic mass is 9.94. The predicted molar refractivity (Wildman–Crippen MR) is 132 cm³/mol. The smallest absolute Gasteiger partial charge is 0.338 e. The molecule has 0 radical (unpaired) electrons. The first-order valence-corrected chi connectivity index (χ1v) is 11.7. The van der Waals surface area contributed by atoms with Crippen LogP contribution in [0.2, 0.25) is 0 Å². The lowest BCUT2D eigenvalue weighted by Crippen LogP contribution is -2.34. The number of hydrogen-bond acceptors (Lipinski definition) is 8. The largest absolute Gasteiger partial charge is 0.493 e. The summed E-state index contributed by atoms with van der Waals surface area (Å²) >= 11 is 1.47. The van der Waals surface area contributed by atoms with Crippen LogP contribution in [0.4, 0.5) is 10.1 Å². The van der Waals surface area contributed by atoms with Crippen molar-refractivity contribution in [2.75, 3.05) is 25.6 Å². The molecule has 0 unspecified atom stereocenters. The maximum Gasteiger partial charge on any atom is 0.338 e. The average molecular weight is 498 g/mol. The fourth-order valence-electron chi connectivity index (χ4n) is 3.75. The van der Waals surface area contributed by atoms with Gasteiger partial charge in [0.2, 0.25) is 0 Å². The number of nitrogens with one attached hydrogen (secondary N) is 1. The van der Waals surface area contributed by atoms with Crippen LogP contribution in [0.25, 0.3) is 0 Å². The number of thioether (sulfide) groups is 1. The van der Waals surface area contributed by atoms with Crippen LogP contribution < -0.4 is 14.8 Å². The third-order valence-electron chi connectivity index (χ3n) is 5.31. The van der Waals surface area contributed by atoms with E-state index < -0.39 is 17.9 Å². The summed E-state index contributed by atoms with van der Waals surface area (Å²) in [5.41, 5.74) is 2.26. The van der Waals surface area contributed by atoms with Crippen molar-refractivity contribution >= 4 is 34.5 Å². The first kappa shape index (κ1) is 24.3. The highest BCUT2D eigenvalue weighted by Gasteiger charge is 2.37. The quantitative estimate of drug-likeness (QED) is 0.533. The summed E-state index contributed by atoms with van der Waals surface area (Å²) in [5, 5.41) is 5.31. The molecule has 35 heavy (non-hydrogen) atoms. The number of halogens is 1. The number of hydrogen-bond donors (Lipinski definition) is 1. The standard InChI is InChI=1S/C25H24FN3O5S/c1-4-33-24(31)22-15(2)27-25-29(11-12-35-25)23(22)16-5-10-19(20(13-16)32-3)34-14-21(30)28-18-8-6-17(26)7-9-18/h5-13,23H,4,14H2,1-3H3,(H,28,30)/t23-/m0/s1. The predicted octanol–water partition coefficient (Wildman–Crippen LogP) is 4.62. The molecule has 0 bridgehead atoms. The molecule has 2 heterocycles. The highest BCUT2D eigenvalue weighted by atomic mass is 32.2. The van der Waals surface area contributed by atoms with Gasteiger partial charge in [0.05, 0.1) is 31.0 Å². The van der Waals surface area contributed by atoms with E-state index in [1.807, 2.05) is 22.6 Å². The summed E-state index contributed by atoms with van der Waals surface area (Å²) in [6, 6.07) is 10.3. The highest BCUT2D eigenvalue weighted by Crippen LogP contribution is 2.43. The van der Waals surface area contributed by atoms with Gasteiger partial charge in [-0.05, 0) is 61.2 Å². The number of rotatable bonds is 8. The molecule has 2 aromatic rings. The van der Waals surface area contributed by atoms with Gasteiger partial charge in [-0.1, -0.05) is 17.8 Å². The molecule has 2 aliphatic rings. The molecule has 0 fully saturated rings. The minimum absolute atomic E-state index is 0.250. The summed E-state index contributed by atoms with van der Waals surface area (Å²) in [5.74, 6) is -0.463. The topological polar surface area (TPSA) is 89.5 Å². The fourth-order valence-corrected chi connectivity index (χ4v) is 4.54. The zero-order valence-corrected chi connectivity index (χ0v) is 20.2. The molecule has 1 amide bonds. The Morgan fingerprint density at radius 2 is 1.94 bits per heavy atom. The molecule has 0 aliphatic carbocycles. The first-order chi connectivity index (χ1) is 16.9. The van der Waals surface area contributed by atoms with Crippen LogP contribution in [0.5, 0.6) is 11.5 Å². The lowest BCUT2D eigenvalue weighted by molar-refractivity contribution is -0.139. The Morgan fingerprint density at radius 3 is 2.66 bits per heavy atom. The van der Waals surface area contributed by atoms with Gasteiger partial charge in [0.1, 0.15) is 5.82 Å². The number of esters is 1. The number of anilines is 1. The van der Waals surface area contributed by atoms with Crippen LogP contribution in [0.1, 0.15) is 25.5 Å². The van der Waals surface area contributed by atoms with Crippen molar-refractivity contribution in [2.45, 2.75) is 19.9 Å². The Labute approximate surface area is 206 Å². The fraction of sp³-hybridized carbons (Fsp3) is 0.240. The van der Waals surface area contributed by atoms with E-state index in [-0.39, 0.29) is 19.0 Å². The number of amides is 1. The van der Waals surface area contributed by atoms with Crippen molar-refractivity contribution < 1.29 is 28.2 Å². The zero-order valence-electron chi connectivity index (χ0n) is 19.4. The molecule has 1 N–H and O–H groups in total. The van der Waals surface area contributed by atoms with Gasteiger partial charge in [0.15, 0.2) is 23.3 Å². The number of carbonyl (C=O) groups is 2. The van der Waals surface area contributed by atoms with Gasteiger partial charge >= 0.3 is 5.97 Å². The molecule has 1 atom stereocenters. The molecule has 2 aliphatic heterocycles. The van der Waals surface area contributed by atoms with E-state index in [0.29, 0.717) is 28.5 Å². The Morgan fingerprint density at radius 1 is 1.17 bits per heavy atom. The van der Waals surface area contributed by atoms with Crippen LogP contribution >= 0.6 is 11.8 Å². The van der Waals surface area contributed by atoms with Gasteiger partial charge < -0.3 is 24.4 Å². The van der Waals surface area contributed by atoms with E-state index >= 15 is 0 Å². The van der Waals surface area contributed by atoms with Crippen molar-refractivity contribution in [3.05, 3.63) is 76.7 Å². The normalized spacial score (nSPS) is 16.5. The number of aliphatic imine (C=N–C) groups is 1. The SMILES string of the molecule is CCOC(=O)C1=C(C)N=C2SC=CN2[C@H]1c1ccc(OCC(=O)Nc2ccc(F)cc2)c(OC)c1. The number of fused-ring (bicyclic) bond motifs is 1. The minimum Gasteiger partial charge on any atom is -0.493 e. The third-order valence-corrected chi connectivity index (χ3v) is 6.08. The first-order valence-electron chi connectivity index (χ1n) is 10.9. The van der Waals surface area contributed by atoms with Gasteiger partial charge in [-0.15, -0.1) is 0 Å². The van der Waals surface area contributed by atoms with Crippen LogP contribution in [0, 0.1) is 5.82 Å². The molecule has 10 heteroatoms. The van der Waals surface area contributed by atoms with E-state index in [1.165, 1.54) is 43.1 Å². The molecular formula is C25H24FN3O5S. The van der Waals surface area contributed by atoms with Gasteiger partial charge in [0.25, 0.3) is 5.91 Å². The number of amidine groups is 1. The van der Waals surface area contributed by atoms with Crippen LogP contribution in [-0.2, 0) is 14.3 Å². The van der Waals surface area contributed by atoms with E-state index in [4.69, 9.17) is 14.2 Å². The number of benzene rings is 2. The highest BCUT2D eigenvalue weighted by molar-refractivity contribution is 8.16. The van der Waals surface area contributed by atoms with Crippen molar-refractivity contribution in [3.63, 3.8) is 0 Å². The van der Waals surface area contributed by atoms with Crippen LogP contribution in [-0.4, -0.2) is 42.3 Å². The molecular weight excluding hydrogens is 473 g/mol. The molecule has 8 nitrogen and oxygen atoms in total. The number of nitrogens with zero attached hydrogens (tertiary/aromatic N) is 2. The van der Waals surface area contributed by atoms with Crippen molar-refractivity contribution in [1.82, 2.24) is 4.90 Å². The summed E-state index contributed by atoms with van der Waals surface area (Å²) in [4.78, 5) is 31.6. The molecule has 0 saturated carbocycles. The number of carbonyl (C=O) groups excluding carboxylic acids is 2. The Balaban J connectivity index is 1.55. The Bertz CT molecular complexity index is 1230. The molecule has 0 spiro atoms. The van der Waals surface area contributed by atoms with Gasteiger partial charge in [0, 0.05) is 11.9 Å². The van der Waals surface area contributed by atoms with Crippen LogP contribution in [0.3, 0.4) is 0 Å². The molecule has 182 valence electrons. The number of methoxy groups -OCH3 is 1. The lowest BCUT2D eigenvalue weighted by Gasteiger charge is -2.33. The van der Waals surface area contributed by atoms with Crippen molar-refractivity contribution in [1.29, 1.82) is 0 Å². The minimum atomic E-state index is -0.461. The molecule has 2 aromatic carbocycles. The number of allylic oxidation sites excluding steroid dienone is 1. The number of ether oxygens (including phenoxy) is 3. The van der Waals surface area contributed by atoms with Crippen LogP contribution in [0.15, 0.2) is 70.3 Å². The van der Waals surface area contributed by atoms with E-state index in [1.54, 1.807) is 26.0 Å². The van der Waals surface area contributed by atoms with Gasteiger partial charge in [-0.2, -0.15) is 0 Å². The van der Waals surface area contributed by atoms with Gasteiger partial charge in [-0.3, -0.25) is 4.79 Å².